The predicted molar refractivity (Wildman–Crippen MR) is 130 cm³/mol. The SMILES string of the molecule is CCC/C=C(/Oc1ccccc1C)SCC(=O)N1CCC(C(N)=O)(N2CCCCC2)CC1. The molecule has 2 fully saturated rings. The molecule has 7 heteroatoms. The number of para-hydroxylation sites is 1. The van der Waals surface area contributed by atoms with Crippen molar-refractivity contribution in [3.8, 4) is 5.75 Å². The number of hydrogen-bond donors (Lipinski definition) is 1. The number of benzene rings is 1. The van der Waals surface area contributed by atoms with E-state index < -0.39 is 5.54 Å². The number of piperidine rings is 2. The molecule has 2 aliphatic heterocycles. The highest BCUT2D eigenvalue weighted by Gasteiger charge is 2.45. The molecule has 3 rings (SSSR count). The van der Waals surface area contributed by atoms with Crippen molar-refractivity contribution < 1.29 is 14.3 Å². The van der Waals surface area contributed by atoms with Gasteiger partial charge in [-0.25, -0.2) is 0 Å². The Kier molecular flexibility index (Phi) is 9.05. The molecule has 0 aromatic heterocycles. The highest BCUT2D eigenvalue weighted by molar-refractivity contribution is 8.03. The molecular weight excluding hydrogens is 422 g/mol. The molecule has 6 nitrogen and oxygen atoms in total. The van der Waals surface area contributed by atoms with E-state index in [1.807, 2.05) is 36.1 Å². The molecule has 0 aliphatic carbocycles. The van der Waals surface area contributed by atoms with E-state index in [-0.39, 0.29) is 11.8 Å². The summed E-state index contributed by atoms with van der Waals surface area (Å²) in [4.78, 5) is 29.5. The molecule has 2 heterocycles. The van der Waals surface area contributed by atoms with Gasteiger partial charge in [0.05, 0.1) is 5.75 Å². The fraction of sp³-hybridized carbons (Fsp3) is 0.600. The van der Waals surface area contributed by atoms with E-state index in [2.05, 4.69) is 17.9 Å². The number of amides is 2. The number of nitrogens with two attached hydrogens (primary N) is 1. The van der Waals surface area contributed by atoms with Gasteiger partial charge in [-0.1, -0.05) is 49.7 Å². The normalized spacial score (nSPS) is 19.6. The van der Waals surface area contributed by atoms with E-state index in [0.29, 0.717) is 31.7 Å². The zero-order chi connectivity index (χ0) is 23.0. The summed E-state index contributed by atoms with van der Waals surface area (Å²) in [6.45, 7) is 7.14. The lowest BCUT2D eigenvalue weighted by molar-refractivity contribution is -0.140. The van der Waals surface area contributed by atoms with Crippen LogP contribution in [0.1, 0.15) is 57.4 Å². The quantitative estimate of drug-likeness (QED) is 0.563. The van der Waals surface area contributed by atoms with Crippen LogP contribution in [0.15, 0.2) is 35.4 Å². The molecule has 1 aromatic rings. The number of thioether (sulfide) groups is 1. The van der Waals surface area contributed by atoms with Gasteiger partial charge in [0.1, 0.15) is 11.3 Å². The number of ether oxygens (including phenoxy) is 1. The van der Waals surface area contributed by atoms with Gasteiger partial charge in [-0.15, -0.1) is 0 Å². The third kappa shape index (κ3) is 6.07. The van der Waals surface area contributed by atoms with Crippen molar-refractivity contribution >= 4 is 23.6 Å². The number of allylic oxidation sites excluding steroid dienone is 1. The Balaban J connectivity index is 1.57. The van der Waals surface area contributed by atoms with Crippen LogP contribution in [-0.4, -0.2) is 59.1 Å². The van der Waals surface area contributed by atoms with Crippen molar-refractivity contribution in [2.75, 3.05) is 31.9 Å². The minimum Gasteiger partial charge on any atom is -0.451 e. The smallest absolute Gasteiger partial charge is 0.238 e. The number of aryl methyl sites for hydroxylation is 1. The third-order valence-electron chi connectivity index (χ3n) is 6.61. The van der Waals surface area contributed by atoms with Gasteiger partial charge < -0.3 is 15.4 Å². The Morgan fingerprint density at radius 2 is 1.81 bits per heavy atom. The van der Waals surface area contributed by atoms with Gasteiger partial charge in [0.2, 0.25) is 11.8 Å². The van der Waals surface area contributed by atoms with Crippen LogP contribution < -0.4 is 10.5 Å². The van der Waals surface area contributed by atoms with Crippen molar-refractivity contribution in [3.05, 3.63) is 41.0 Å². The molecule has 2 amide bonds. The molecule has 176 valence electrons. The number of hydrogen-bond acceptors (Lipinski definition) is 5. The summed E-state index contributed by atoms with van der Waals surface area (Å²) in [5.74, 6) is 0.995. The van der Waals surface area contributed by atoms with Gasteiger partial charge in [-0.2, -0.15) is 0 Å². The van der Waals surface area contributed by atoms with E-state index >= 15 is 0 Å². The maximum absolute atomic E-state index is 12.9. The van der Waals surface area contributed by atoms with Crippen LogP contribution in [0.4, 0.5) is 0 Å². The molecule has 2 saturated heterocycles. The lowest BCUT2D eigenvalue weighted by Gasteiger charge is -2.48. The van der Waals surface area contributed by atoms with E-state index in [4.69, 9.17) is 10.5 Å². The molecule has 0 unspecified atom stereocenters. The zero-order valence-corrected chi connectivity index (χ0v) is 20.3. The van der Waals surface area contributed by atoms with Crippen molar-refractivity contribution in [1.82, 2.24) is 9.80 Å². The Hall–Kier alpha value is -1.99. The Bertz CT molecular complexity index is 812. The first-order valence-corrected chi connectivity index (χ1v) is 12.8. The highest BCUT2D eigenvalue weighted by atomic mass is 32.2. The van der Waals surface area contributed by atoms with Gasteiger partial charge in [-0.3, -0.25) is 14.5 Å². The second kappa shape index (κ2) is 11.8. The number of rotatable bonds is 9. The highest BCUT2D eigenvalue weighted by Crippen LogP contribution is 2.32. The summed E-state index contributed by atoms with van der Waals surface area (Å²) < 4.78 is 6.11. The Labute approximate surface area is 196 Å². The second-order valence-corrected chi connectivity index (χ2v) is 9.77. The summed E-state index contributed by atoms with van der Waals surface area (Å²) in [6, 6.07) is 7.91. The maximum Gasteiger partial charge on any atom is 0.238 e. The monoisotopic (exact) mass is 459 g/mol. The number of likely N-dealkylation sites (tertiary alicyclic amines) is 2. The fourth-order valence-corrected chi connectivity index (χ4v) is 5.39. The van der Waals surface area contributed by atoms with Crippen molar-refractivity contribution in [1.29, 1.82) is 0 Å². The average Bonchev–Trinajstić information content (AvgIpc) is 2.82. The fourth-order valence-electron chi connectivity index (χ4n) is 4.56. The van der Waals surface area contributed by atoms with Crippen molar-refractivity contribution in [2.24, 2.45) is 5.73 Å². The van der Waals surface area contributed by atoms with Crippen molar-refractivity contribution in [3.63, 3.8) is 0 Å². The maximum atomic E-state index is 12.9. The average molecular weight is 460 g/mol. The molecule has 0 bridgehead atoms. The van der Waals surface area contributed by atoms with Crippen LogP contribution in [-0.2, 0) is 9.59 Å². The van der Waals surface area contributed by atoms with Crippen LogP contribution in [0.25, 0.3) is 0 Å². The molecular formula is C25H37N3O3S. The van der Waals surface area contributed by atoms with Gasteiger partial charge in [-0.05, 0) is 69.8 Å². The number of carbonyl (C=O) groups excluding carboxylic acids is 2. The van der Waals surface area contributed by atoms with Crippen LogP contribution in [0, 0.1) is 6.92 Å². The van der Waals surface area contributed by atoms with Crippen LogP contribution in [0.2, 0.25) is 0 Å². The lowest BCUT2D eigenvalue weighted by atomic mass is 9.83. The van der Waals surface area contributed by atoms with Crippen LogP contribution in [0.3, 0.4) is 0 Å². The van der Waals surface area contributed by atoms with E-state index in [1.54, 1.807) is 0 Å². The van der Waals surface area contributed by atoms with Crippen molar-refractivity contribution in [2.45, 2.75) is 64.3 Å². The summed E-state index contributed by atoms with van der Waals surface area (Å²) >= 11 is 1.45. The van der Waals surface area contributed by atoms with Crippen LogP contribution >= 0.6 is 11.8 Å². The minimum absolute atomic E-state index is 0.0856. The Morgan fingerprint density at radius 1 is 1.12 bits per heavy atom. The number of carbonyl (C=O) groups is 2. The number of nitrogens with zero attached hydrogens (tertiary/aromatic N) is 2. The first kappa shape index (κ1) is 24.6. The molecule has 0 atom stereocenters. The van der Waals surface area contributed by atoms with Crippen LogP contribution in [0.5, 0.6) is 5.75 Å². The first-order chi connectivity index (χ1) is 15.5. The Morgan fingerprint density at radius 3 is 2.44 bits per heavy atom. The first-order valence-electron chi connectivity index (χ1n) is 11.9. The molecule has 2 N–H and O–H groups in total. The van der Waals surface area contributed by atoms with Gasteiger partial charge in [0, 0.05) is 13.1 Å². The summed E-state index contributed by atoms with van der Waals surface area (Å²) in [7, 11) is 0. The van der Waals surface area contributed by atoms with E-state index in [1.165, 1.54) is 18.2 Å². The topological polar surface area (TPSA) is 75.9 Å². The molecule has 1 aromatic carbocycles. The van der Waals surface area contributed by atoms with E-state index in [0.717, 1.165) is 55.2 Å². The summed E-state index contributed by atoms with van der Waals surface area (Å²) in [6.07, 6.45) is 8.68. The molecule has 32 heavy (non-hydrogen) atoms. The van der Waals surface area contributed by atoms with Gasteiger partial charge in [0.25, 0.3) is 0 Å². The summed E-state index contributed by atoms with van der Waals surface area (Å²) in [5, 5.41) is 0.770. The number of unbranched alkanes of at least 4 members (excludes halogenated alkanes) is 1. The standard InChI is InChI=1S/C25H37N3O3S/c1-3-4-12-23(31-21-11-7-6-10-20(21)2)32-19-22(29)27-17-13-25(14-18-27,24(26)30)28-15-8-5-9-16-28/h6-7,10-12H,3-5,8-9,13-19H2,1-2H3,(H2,26,30)/b23-12-. The lowest BCUT2D eigenvalue weighted by Crippen LogP contribution is -2.63. The third-order valence-corrected chi connectivity index (χ3v) is 7.53. The van der Waals surface area contributed by atoms with E-state index in [9.17, 15) is 9.59 Å². The second-order valence-electron chi connectivity index (χ2n) is 8.79. The predicted octanol–water partition coefficient (Wildman–Crippen LogP) is 4.08. The largest absolute Gasteiger partial charge is 0.451 e. The number of primary amides is 1. The summed E-state index contributed by atoms with van der Waals surface area (Å²) in [5.41, 5.74) is 6.35. The molecule has 0 saturated carbocycles. The zero-order valence-electron chi connectivity index (χ0n) is 19.5. The molecule has 2 aliphatic rings. The van der Waals surface area contributed by atoms with Gasteiger partial charge in [0.15, 0.2) is 5.09 Å². The molecule has 0 spiro atoms. The minimum atomic E-state index is -0.593. The molecule has 0 radical (unpaired) electrons. The van der Waals surface area contributed by atoms with Gasteiger partial charge >= 0.3 is 0 Å².